The molecule has 4 rings (SSSR count). The van der Waals surface area contributed by atoms with Gasteiger partial charge in [-0.15, -0.1) is 0 Å². The average Bonchev–Trinajstić information content (AvgIpc) is 3.32. The zero-order valence-corrected chi connectivity index (χ0v) is 21.1. The Morgan fingerprint density at radius 3 is 2.65 bits per heavy atom. The molecule has 3 aromatic rings. The number of esters is 1. The molecular weight excluding hydrogens is 446 g/mol. The zero-order valence-electron chi connectivity index (χ0n) is 20.3. The maximum atomic E-state index is 12.1. The third-order valence-electron chi connectivity index (χ3n) is 6.30. The molecule has 1 aliphatic rings. The van der Waals surface area contributed by atoms with Gasteiger partial charge < -0.3 is 24.4 Å². The van der Waals surface area contributed by atoms with Crippen LogP contribution in [0.15, 0.2) is 54.7 Å². The highest BCUT2D eigenvalue weighted by Crippen LogP contribution is 2.41. The van der Waals surface area contributed by atoms with Crippen LogP contribution in [0.2, 0.25) is 0 Å². The fraction of sp³-hybridized carbons (Fsp3) is 0.346. The number of methoxy groups -OCH3 is 1. The second-order valence-corrected chi connectivity index (χ2v) is 9.21. The third-order valence-corrected chi connectivity index (χ3v) is 6.65. The Labute approximate surface area is 206 Å². The number of aryl methyl sites for hydroxylation is 1. The summed E-state index contributed by atoms with van der Waals surface area (Å²) in [6.07, 6.45) is 1.82. The van der Waals surface area contributed by atoms with Crippen LogP contribution in [0.5, 0.6) is 0 Å². The van der Waals surface area contributed by atoms with Crippen molar-refractivity contribution in [2.75, 3.05) is 34.3 Å². The summed E-state index contributed by atoms with van der Waals surface area (Å²) >= 11 is 5.79. The van der Waals surface area contributed by atoms with Gasteiger partial charge in [-0.2, -0.15) is 0 Å². The summed E-state index contributed by atoms with van der Waals surface area (Å²) in [5.41, 5.74) is 5.78. The van der Waals surface area contributed by atoms with Gasteiger partial charge in [-0.3, -0.25) is 4.98 Å². The highest BCUT2D eigenvalue weighted by atomic mass is 32.1. The molecule has 178 valence electrons. The number of carbonyl (C=O) groups is 1. The number of ether oxygens (including phenoxy) is 1. The zero-order chi connectivity index (χ0) is 24.4. The van der Waals surface area contributed by atoms with E-state index < -0.39 is 0 Å². The van der Waals surface area contributed by atoms with Crippen LogP contribution in [0.4, 0.5) is 0 Å². The molecular formula is C26H31N5O2S. The van der Waals surface area contributed by atoms with Crippen molar-refractivity contribution in [1.29, 1.82) is 0 Å². The van der Waals surface area contributed by atoms with Crippen LogP contribution in [0.25, 0.3) is 5.69 Å². The van der Waals surface area contributed by atoms with Crippen molar-refractivity contribution in [3.63, 3.8) is 0 Å². The van der Waals surface area contributed by atoms with E-state index in [1.807, 2.05) is 42.6 Å². The Hall–Kier alpha value is -3.23. The molecule has 1 N–H and O–H groups in total. The number of hydrogen-bond donors (Lipinski definition) is 1. The van der Waals surface area contributed by atoms with Crippen LogP contribution in [0.1, 0.15) is 45.1 Å². The van der Waals surface area contributed by atoms with Gasteiger partial charge >= 0.3 is 5.97 Å². The number of carbonyl (C=O) groups excluding carboxylic acids is 1. The normalized spacial score (nSPS) is 17.8. The van der Waals surface area contributed by atoms with Gasteiger partial charge in [0.25, 0.3) is 0 Å². The Morgan fingerprint density at radius 2 is 1.97 bits per heavy atom. The molecule has 1 aromatic carbocycles. The van der Waals surface area contributed by atoms with Gasteiger partial charge in [-0.25, -0.2) is 4.79 Å². The Morgan fingerprint density at radius 1 is 1.18 bits per heavy atom. The Balaban J connectivity index is 1.80. The fourth-order valence-corrected chi connectivity index (χ4v) is 5.00. The fourth-order valence-electron chi connectivity index (χ4n) is 4.67. The Bertz CT molecular complexity index is 1190. The topological polar surface area (TPSA) is 62.6 Å². The van der Waals surface area contributed by atoms with Gasteiger partial charge in [0.05, 0.1) is 30.5 Å². The lowest BCUT2D eigenvalue weighted by Gasteiger charge is -2.29. The number of hydrogen-bond acceptors (Lipinski definition) is 5. The number of likely N-dealkylation sites (N-methyl/N-ethyl adjacent to an activating group) is 1. The standard InChI is InChI=1S/C26H31N5O2S/c1-17-15-21(18(2)31(17)20-10-8-9-19(16-20)25(32)33-5)24-23(22-11-6-7-12-27-22)28-26(34)30(24)14-13-29(3)4/h6-12,15-16,23-24H,13-14H2,1-5H3,(H,28,34)/t23-,24+/m1/s1. The van der Waals surface area contributed by atoms with Crippen molar-refractivity contribution in [3.8, 4) is 5.69 Å². The first-order valence-corrected chi connectivity index (χ1v) is 11.7. The summed E-state index contributed by atoms with van der Waals surface area (Å²) in [5.74, 6) is -0.347. The van der Waals surface area contributed by atoms with E-state index in [9.17, 15) is 4.79 Å². The van der Waals surface area contributed by atoms with Crippen molar-refractivity contribution < 1.29 is 9.53 Å². The first kappa shape index (κ1) is 23.9. The molecule has 0 spiro atoms. The largest absolute Gasteiger partial charge is 0.465 e. The van der Waals surface area contributed by atoms with Crippen molar-refractivity contribution in [2.24, 2.45) is 0 Å². The van der Waals surface area contributed by atoms with E-state index in [-0.39, 0.29) is 18.1 Å². The third kappa shape index (κ3) is 4.56. The van der Waals surface area contributed by atoms with E-state index in [0.717, 1.165) is 41.0 Å². The van der Waals surface area contributed by atoms with Gasteiger partial charge in [-0.1, -0.05) is 12.1 Å². The van der Waals surface area contributed by atoms with Crippen LogP contribution in [0.3, 0.4) is 0 Å². The molecule has 7 nitrogen and oxygen atoms in total. The molecule has 0 bridgehead atoms. The molecule has 0 unspecified atom stereocenters. The van der Waals surface area contributed by atoms with Crippen molar-refractivity contribution in [3.05, 3.63) is 82.9 Å². The highest BCUT2D eigenvalue weighted by Gasteiger charge is 2.41. The molecule has 0 aliphatic carbocycles. The van der Waals surface area contributed by atoms with Crippen molar-refractivity contribution in [1.82, 2.24) is 24.7 Å². The number of rotatable bonds is 7. The maximum Gasteiger partial charge on any atom is 0.337 e. The molecule has 8 heteroatoms. The van der Waals surface area contributed by atoms with Crippen LogP contribution in [-0.4, -0.2) is 64.7 Å². The van der Waals surface area contributed by atoms with E-state index in [4.69, 9.17) is 17.0 Å². The predicted molar refractivity (Wildman–Crippen MR) is 137 cm³/mol. The lowest BCUT2D eigenvalue weighted by Crippen LogP contribution is -2.35. The summed E-state index contributed by atoms with van der Waals surface area (Å²) in [7, 11) is 5.53. The van der Waals surface area contributed by atoms with Gasteiger partial charge in [0, 0.05) is 36.4 Å². The van der Waals surface area contributed by atoms with Gasteiger partial charge in [0.15, 0.2) is 5.11 Å². The maximum absolute atomic E-state index is 12.1. The average molecular weight is 478 g/mol. The minimum Gasteiger partial charge on any atom is -0.465 e. The quantitative estimate of drug-likeness (QED) is 0.410. The van der Waals surface area contributed by atoms with Crippen LogP contribution < -0.4 is 5.32 Å². The van der Waals surface area contributed by atoms with Gasteiger partial charge in [-0.05, 0) is 82.1 Å². The lowest BCUT2D eigenvalue weighted by atomic mass is 9.96. The number of benzene rings is 1. The van der Waals surface area contributed by atoms with Gasteiger partial charge in [0.1, 0.15) is 0 Å². The minimum atomic E-state index is -0.347. The summed E-state index contributed by atoms with van der Waals surface area (Å²) in [6, 6.07) is 15.7. The van der Waals surface area contributed by atoms with Crippen molar-refractivity contribution in [2.45, 2.75) is 25.9 Å². The molecule has 1 aliphatic heterocycles. The molecule has 3 heterocycles. The first-order chi connectivity index (χ1) is 16.3. The number of nitrogens with zero attached hydrogens (tertiary/aromatic N) is 4. The summed E-state index contributed by atoms with van der Waals surface area (Å²) in [6.45, 7) is 5.89. The summed E-state index contributed by atoms with van der Waals surface area (Å²) < 4.78 is 7.10. The van der Waals surface area contributed by atoms with E-state index in [1.165, 1.54) is 12.7 Å². The minimum absolute atomic E-state index is 0.00825. The second-order valence-electron chi connectivity index (χ2n) is 8.83. The van der Waals surface area contributed by atoms with E-state index in [1.54, 1.807) is 6.07 Å². The van der Waals surface area contributed by atoms with Crippen LogP contribution in [0, 0.1) is 13.8 Å². The van der Waals surface area contributed by atoms with Gasteiger partial charge in [0.2, 0.25) is 0 Å². The monoisotopic (exact) mass is 477 g/mol. The van der Waals surface area contributed by atoms with E-state index >= 15 is 0 Å². The Kier molecular flexibility index (Phi) is 7.00. The van der Waals surface area contributed by atoms with E-state index in [2.05, 4.69) is 58.7 Å². The van der Waals surface area contributed by atoms with Crippen LogP contribution >= 0.6 is 12.2 Å². The second kappa shape index (κ2) is 9.95. The molecule has 1 fully saturated rings. The van der Waals surface area contributed by atoms with Crippen LogP contribution in [-0.2, 0) is 4.74 Å². The highest BCUT2D eigenvalue weighted by molar-refractivity contribution is 7.80. The summed E-state index contributed by atoms with van der Waals surface area (Å²) in [4.78, 5) is 21.2. The molecule has 2 aromatic heterocycles. The SMILES string of the molecule is COC(=O)c1cccc(-n2c(C)cc([C@H]3[C@@H](c4ccccn4)NC(=S)N3CCN(C)C)c2C)c1. The lowest BCUT2D eigenvalue weighted by molar-refractivity contribution is 0.0600. The van der Waals surface area contributed by atoms with E-state index in [0.29, 0.717) is 5.56 Å². The molecule has 0 amide bonds. The molecule has 0 saturated carbocycles. The molecule has 2 atom stereocenters. The number of nitrogens with one attached hydrogen (secondary N) is 1. The molecule has 1 saturated heterocycles. The first-order valence-electron chi connectivity index (χ1n) is 11.3. The smallest absolute Gasteiger partial charge is 0.337 e. The number of pyridine rings is 1. The molecule has 34 heavy (non-hydrogen) atoms. The predicted octanol–water partition coefficient (Wildman–Crippen LogP) is 3.81. The number of thiocarbonyl (C=S) groups is 1. The number of aromatic nitrogens is 2. The summed E-state index contributed by atoms with van der Waals surface area (Å²) in [5, 5.41) is 4.26. The van der Waals surface area contributed by atoms with Crippen molar-refractivity contribution >= 4 is 23.3 Å². The molecule has 0 radical (unpaired) electrons.